The maximum Gasteiger partial charge on any atom is 0.225 e. The Labute approximate surface area is 174 Å². The summed E-state index contributed by atoms with van der Waals surface area (Å²) < 4.78 is 6.00. The number of aryl methyl sites for hydroxylation is 1. The van der Waals surface area contributed by atoms with Gasteiger partial charge in [0.25, 0.3) is 0 Å². The number of hydrogen-bond donors (Lipinski definition) is 1. The molecule has 1 saturated carbocycles. The van der Waals surface area contributed by atoms with E-state index in [-0.39, 0.29) is 6.61 Å². The van der Waals surface area contributed by atoms with E-state index < -0.39 is 0 Å². The number of anilines is 1. The number of ether oxygens (including phenoxy) is 1. The molecule has 1 aromatic heterocycles. The number of aliphatic hydroxyl groups excluding tert-OH is 1. The Morgan fingerprint density at radius 3 is 2.38 bits per heavy atom. The minimum absolute atomic E-state index is 0.204. The molecule has 0 bridgehead atoms. The fourth-order valence-corrected chi connectivity index (χ4v) is 4.52. The van der Waals surface area contributed by atoms with Gasteiger partial charge in [-0.2, -0.15) is 0 Å². The summed E-state index contributed by atoms with van der Waals surface area (Å²) in [5, 5.41) is 8.99. The summed E-state index contributed by atoms with van der Waals surface area (Å²) in [6.07, 6.45) is 9.44. The Kier molecular flexibility index (Phi) is 6.78. The van der Waals surface area contributed by atoms with Gasteiger partial charge in [0, 0.05) is 32.1 Å². The normalized spacial score (nSPS) is 22.1. The van der Waals surface area contributed by atoms with Crippen LogP contribution in [0.2, 0.25) is 0 Å². The van der Waals surface area contributed by atoms with Crippen molar-refractivity contribution in [2.45, 2.75) is 45.6 Å². The molecule has 2 aliphatic rings. The molecule has 0 radical (unpaired) electrons. The molecule has 1 N–H and O–H groups in total. The zero-order valence-corrected chi connectivity index (χ0v) is 17.5. The van der Waals surface area contributed by atoms with Crippen LogP contribution in [0.3, 0.4) is 0 Å². The molecule has 0 unspecified atom stereocenters. The van der Waals surface area contributed by atoms with Crippen LogP contribution < -0.4 is 4.90 Å². The number of aliphatic hydroxyl groups is 1. The Bertz CT molecular complexity index is 755. The highest BCUT2D eigenvalue weighted by molar-refractivity contribution is 5.30. The maximum absolute atomic E-state index is 8.99. The lowest BCUT2D eigenvalue weighted by Gasteiger charge is -2.32. The molecule has 2 atom stereocenters. The Morgan fingerprint density at radius 1 is 1.03 bits per heavy atom. The molecule has 1 saturated heterocycles. The van der Waals surface area contributed by atoms with Crippen molar-refractivity contribution in [2.24, 2.45) is 17.8 Å². The van der Waals surface area contributed by atoms with Crippen molar-refractivity contribution in [1.82, 2.24) is 9.97 Å². The van der Waals surface area contributed by atoms with Crippen LogP contribution in [-0.4, -0.2) is 41.4 Å². The average Bonchev–Trinajstić information content (AvgIpc) is 3.55. The molecule has 156 valence electrons. The minimum atomic E-state index is 0.204. The zero-order valence-electron chi connectivity index (χ0n) is 17.5. The molecular weight excluding hydrogens is 362 g/mol. The first-order valence-corrected chi connectivity index (χ1v) is 11.1. The highest BCUT2D eigenvalue weighted by atomic mass is 16.5. The van der Waals surface area contributed by atoms with Gasteiger partial charge in [0.15, 0.2) is 0 Å². The fraction of sp³-hybridized carbons (Fsp3) is 0.583. The number of benzene rings is 1. The molecule has 5 nitrogen and oxygen atoms in total. The summed E-state index contributed by atoms with van der Waals surface area (Å²) in [6, 6.07) is 8.39. The third kappa shape index (κ3) is 5.34. The van der Waals surface area contributed by atoms with E-state index in [9.17, 15) is 0 Å². The Hall–Kier alpha value is -1.98. The number of piperidine rings is 1. The molecule has 0 spiro atoms. The molecule has 1 aliphatic carbocycles. The van der Waals surface area contributed by atoms with Gasteiger partial charge in [0.2, 0.25) is 5.95 Å². The summed E-state index contributed by atoms with van der Waals surface area (Å²) in [4.78, 5) is 11.4. The number of hydrogen-bond acceptors (Lipinski definition) is 5. The molecule has 2 aromatic rings. The van der Waals surface area contributed by atoms with E-state index in [4.69, 9.17) is 9.84 Å². The van der Waals surface area contributed by atoms with Gasteiger partial charge in [-0.05, 0) is 66.5 Å². The van der Waals surface area contributed by atoms with Gasteiger partial charge >= 0.3 is 0 Å². The summed E-state index contributed by atoms with van der Waals surface area (Å²) in [6.45, 7) is 6.04. The van der Waals surface area contributed by atoms with Crippen molar-refractivity contribution in [2.75, 3.05) is 31.2 Å². The van der Waals surface area contributed by atoms with E-state index in [1.54, 1.807) is 0 Å². The lowest BCUT2D eigenvalue weighted by atomic mass is 9.91. The van der Waals surface area contributed by atoms with Crippen molar-refractivity contribution >= 4 is 5.95 Å². The van der Waals surface area contributed by atoms with Crippen molar-refractivity contribution in [3.8, 4) is 0 Å². The predicted molar refractivity (Wildman–Crippen MR) is 115 cm³/mol. The lowest BCUT2D eigenvalue weighted by Crippen LogP contribution is -2.35. The van der Waals surface area contributed by atoms with E-state index in [1.165, 1.54) is 36.0 Å². The maximum atomic E-state index is 8.99. The Balaban J connectivity index is 1.15. The summed E-state index contributed by atoms with van der Waals surface area (Å²) in [5.41, 5.74) is 3.59. The van der Waals surface area contributed by atoms with Crippen LogP contribution in [0.15, 0.2) is 36.7 Å². The standard InChI is InChI=1S/C24H33N3O2/c1-2-18-14-25-24(26-15-18)27-10-7-21(8-11-27)23-13-22(23)17-29-16-20-5-3-19(4-6-20)9-12-28/h3-6,14-15,21-23,28H,2,7-13,16-17H2,1H3/t22-,23+/m0/s1. The number of aromatic nitrogens is 2. The molecule has 29 heavy (non-hydrogen) atoms. The molecule has 5 heteroatoms. The molecule has 2 heterocycles. The molecule has 2 fully saturated rings. The van der Waals surface area contributed by atoms with Crippen molar-refractivity contribution < 1.29 is 9.84 Å². The van der Waals surface area contributed by atoms with Crippen LogP contribution in [0.1, 0.15) is 42.9 Å². The second kappa shape index (κ2) is 9.68. The van der Waals surface area contributed by atoms with Gasteiger partial charge in [-0.25, -0.2) is 9.97 Å². The smallest absolute Gasteiger partial charge is 0.225 e. The van der Waals surface area contributed by atoms with Gasteiger partial charge in [-0.3, -0.25) is 0 Å². The minimum Gasteiger partial charge on any atom is -0.396 e. The second-order valence-corrected chi connectivity index (χ2v) is 8.53. The van der Waals surface area contributed by atoms with E-state index >= 15 is 0 Å². The summed E-state index contributed by atoms with van der Waals surface area (Å²) in [7, 11) is 0. The monoisotopic (exact) mass is 395 g/mol. The van der Waals surface area contributed by atoms with Crippen molar-refractivity contribution in [3.05, 3.63) is 53.3 Å². The van der Waals surface area contributed by atoms with Crippen LogP contribution in [0.25, 0.3) is 0 Å². The van der Waals surface area contributed by atoms with Crippen LogP contribution in [-0.2, 0) is 24.2 Å². The van der Waals surface area contributed by atoms with Gasteiger partial charge in [-0.15, -0.1) is 0 Å². The number of rotatable bonds is 9. The first-order valence-electron chi connectivity index (χ1n) is 11.1. The molecule has 0 amide bonds. The van der Waals surface area contributed by atoms with Gasteiger partial charge in [0.05, 0.1) is 13.2 Å². The SMILES string of the molecule is CCc1cnc(N2CCC([C@H]3C[C@H]3COCc3ccc(CCO)cc3)CC2)nc1. The van der Waals surface area contributed by atoms with E-state index in [1.807, 2.05) is 12.4 Å². The molecule has 1 aliphatic heterocycles. The number of nitrogens with zero attached hydrogens (tertiary/aromatic N) is 3. The van der Waals surface area contributed by atoms with Crippen LogP contribution in [0.4, 0.5) is 5.95 Å². The summed E-state index contributed by atoms with van der Waals surface area (Å²) in [5.74, 6) is 3.29. The van der Waals surface area contributed by atoms with Crippen LogP contribution >= 0.6 is 0 Å². The molecule has 4 rings (SSSR count). The van der Waals surface area contributed by atoms with Crippen LogP contribution in [0, 0.1) is 17.8 Å². The topological polar surface area (TPSA) is 58.5 Å². The van der Waals surface area contributed by atoms with Crippen molar-refractivity contribution in [3.63, 3.8) is 0 Å². The molecular formula is C24H33N3O2. The van der Waals surface area contributed by atoms with Gasteiger partial charge in [-0.1, -0.05) is 31.2 Å². The highest BCUT2D eigenvalue weighted by Crippen LogP contribution is 2.48. The average molecular weight is 396 g/mol. The third-order valence-corrected chi connectivity index (χ3v) is 6.53. The van der Waals surface area contributed by atoms with E-state index in [0.717, 1.165) is 56.2 Å². The van der Waals surface area contributed by atoms with Gasteiger partial charge < -0.3 is 14.7 Å². The third-order valence-electron chi connectivity index (χ3n) is 6.53. The second-order valence-electron chi connectivity index (χ2n) is 8.53. The van der Waals surface area contributed by atoms with Gasteiger partial charge in [0.1, 0.15) is 0 Å². The van der Waals surface area contributed by atoms with Crippen LogP contribution in [0.5, 0.6) is 0 Å². The first kappa shape index (κ1) is 20.3. The summed E-state index contributed by atoms with van der Waals surface area (Å²) >= 11 is 0. The largest absolute Gasteiger partial charge is 0.396 e. The molecule has 1 aromatic carbocycles. The zero-order chi connectivity index (χ0) is 20.1. The van der Waals surface area contributed by atoms with Crippen molar-refractivity contribution in [1.29, 1.82) is 0 Å². The quantitative estimate of drug-likeness (QED) is 0.702. The van der Waals surface area contributed by atoms with E-state index in [2.05, 4.69) is 46.1 Å². The fourth-order valence-electron chi connectivity index (χ4n) is 4.52. The Morgan fingerprint density at radius 2 is 1.72 bits per heavy atom. The van der Waals surface area contributed by atoms with E-state index in [0.29, 0.717) is 6.61 Å². The predicted octanol–water partition coefficient (Wildman–Crippen LogP) is 3.64. The highest BCUT2D eigenvalue weighted by Gasteiger charge is 2.43. The lowest BCUT2D eigenvalue weighted by molar-refractivity contribution is 0.104. The first-order chi connectivity index (χ1) is 14.3.